The fourth-order valence-corrected chi connectivity index (χ4v) is 2.52. The van der Waals surface area contributed by atoms with E-state index in [0.29, 0.717) is 0 Å². The summed E-state index contributed by atoms with van der Waals surface area (Å²) >= 11 is 0. The minimum Gasteiger partial charge on any atom is -0.370 e. The molecule has 1 fully saturated rings. The van der Waals surface area contributed by atoms with Gasteiger partial charge in [-0.05, 0) is 54.7 Å². The maximum Gasteiger partial charge on any atom is 0.247 e. The predicted octanol–water partition coefficient (Wildman–Crippen LogP) is 3.82. The van der Waals surface area contributed by atoms with Crippen LogP contribution in [0.5, 0.6) is 0 Å². The van der Waals surface area contributed by atoms with Crippen molar-refractivity contribution in [3.63, 3.8) is 0 Å². The monoisotopic (exact) mass is 312 g/mol. The molecule has 0 saturated heterocycles. The van der Waals surface area contributed by atoms with Crippen LogP contribution in [0.4, 0.5) is 10.1 Å². The molecule has 1 atom stereocenters. The highest BCUT2D eigenvalue weighted by Crippen LogP contribution is 2.24. The molecule has 1 amide bonds. The minimum atomic E-state index is -0.525. The van der Waals surface area contributed by atoms with Gasteiger partial charge in [0.1, 0.15) is 11.9 Å². The highest BCUT2D eigenvalue weighted by atomic mass is 19.1. The van der Waals surface area contributed by atoms with Crippen molar-refractivity contribution >= 4 is 11.6 Å². The number of anilines is 1. The fourth-order valence-electron chi connectivity index (χ4n) is 2.52. The highest BCUT2D eigenvalue weighted by molar-refractivity contribution is 5.86. The number of hydrogen-bond acceptors (Lipinski definition) is 2. The van der Waals surface area contributed by atoms with Crippen LogP contribution in [0.25, 0.3) is 0 Å². The van der Waals surface area contributed by atoms with Crippen LogP contribution < -0.4 is 10.6 Å². The summed E-state index contributed by atoms with van der Waals surface area (Å²) in [7, 11) is 0. The maximum atomic E-state index is 13.2. The van der Waals surface area contributed by atoms with Crippen molar-refractivity contribution in [1.29, 1.82) is 0 Å². The number of halogens is 1. The Bertz CT molecular complexity index is 680. The number of hydrogen-bond donors (Lipinski definition) is 2. The Balaban J connectivity index is 1.83. The second-order valence-corrected chi connectivity index (χ2v) is 5.97. The van der Waals surface area contributed by atoms with Gasteiger partial charge in [-0.25, -0.2) is 4.39 Å². The second kappa shape index (κ2) is 6.82. The molecule has 0 unspecified atom stereocenters. The molecule has 0 aliphatic heterocycles. The van der Waals surface area contributed by atoms with Gasteiger partial charge in [0, 0.05) is 11.7 Å². The quantitative estimate of drug-likeness (QED) is 0.851. The van der Waals surface area contributed by atoms with Crippen LogP contribution in [0.1, 0.15) is 36.9 Å². The smallest absolute Gasteiger partial charge is 0.247 e. The molecule has 3 nitrogen and oxygen atoms in total. The molecule has 1 aliphatic carbocycles. The Labute approximate surface area is 135 Å². The van der Waals surface area contributed by atoms with E-state index < -0.39 is 6.04 Å². The van der Waals surface area contributed by atoms with E-state index in [1.54, 1.807) is 12.1 Å². The van der Waals surface area contributed by atoms with E-state index in [1.807, 2.05) is 18.2 Å². The van der Waals surface area contributed by atoms with Gasteiger partial charge in [-0.2, -0.15) is 0 Å². The minimum absolute atomic E-state index is 0.0685. The SMILES string of the molecule is CCc1cccc(N[C@H](C(=O)NC2CC2)c2ccc(F)cc2)c1. The van der Waals surface area contributed by atoms with Crippen molar-refractivity contribution in [3.05, 3.63) is 65.5 Å². The summed E-state index contributed by atoms with van der Waals surface area (Å²) in [5, 5.41) is 6.31. The van der Waals surface area contributed by atoms with E-state index in [-0.39, 0.29) is 17.8 Å². The molecule has 0 spiro atoms. The third-order valence-electron chi connectivity index (χ3n) is 4.04. The first-order valence-corrected chi connectivity index (χ1v) is 8.07. The lowest BCUT2D eigenvalue weighted by Crippen LogP contribution is -2.34. The van der Waals surface area contributed by atoms with Crippen LogP contribution in [0.3, 0.4) is 0 Å². The third kappa shape index (κ3) is 4.09. The Hall–Kier alpha value is -2.36. The molecule has 0 heterocycles. The van der Waals surface area contributed by atoms with Crippen LogP contribution in [-0.2, 0) is 11.2 Å². The molecule has 0 bridgehead atoms. The van der Waals surface area contributed by atoms with Gasteiger partial charge < -0.3 is 10.6 Å². The van der Waals surface area contributed by atoms with Crippen LogP contribution in [0.2, 0.25) is 0 Å². The first-order valence-electron chi connectivity index (χ1n) is 8.07. The summed E-state index contributed by atoms with van der Waals surface area (Å²) < 4.78 is 13.2. The summed E-state index contributed by atoms with van der Waals surface area (Å²) in [6.07, 6.45) is 3.01. The molecule has 1 saturated carbocycles. The summed E-state index contributed by atoms with van der Waals surface area (Å²) in [6, 6.07) is 13.9. The molecule has 0 radical (unpaired) electrons. The molecular formula is C19H21FN2O. The summed E-state index contributed by atoms with van der Waals surface area (Å²) in [5.74, 6) is -0.371. The molecular weight excluding hydrogens is 291 g/mol. The zero-order chi connectivity index (χ0) is 16.2. The topological polar surface area (TPSA) is 41.1 Å². The summed E-state index contributed by atoms with van der Waals surface area (Å²) in [5.41, 5.74) is 2.85. The zero-order valence-electron chi connectivity index (χ0n) is 13.2. The number of nitrogens with one attached hydrogen (secondary N) is 2. The molecule has 3 rings (SSSR count). The van der Waals surface area contributed by atoms with Crippen LogP contribution in [0.15, 0.2) is 48.5 Å². The van der Waals surface area contributed by atoms with Crippen molar-refractivity contribution in [1.82, 2.24) is 5.32 Å². The Morgan fingerprint density at radius 3 is 2.61 bits per heavy atom. The first-order chi connectivity index (χ1) is 11.2. The van der Waals surface area contributed by atoms with Crippen molar-refractivity contribution in [3.8, 4) is 0 Å². The van der Waals surface area contributed by atoms with E-state index in [1.165, 1.54) is 17.7 Å². The zero-order valence-corrected chi connectivity index (χ0v) is 13.2. The van der Waals surface area contributed by atoms with Gasteiger partial charge in [-0.3, -0.25) is 4.79 Å². The molecule has 0 aromatic heterocycles. The number of carbonyl (C=O) groups is 1. The van der Waals surface area contributed by atoms with E-state index >= 15 is 0 Å². The number of benzene rings is 2. The Morgan fingerprint density at radius 2 is 1.96 bits per heavy atom. The van der Waals surface area contributed by atoms with Crippen LogP contribution in [-0.4, -0.2) is 11.9 Å². The van der Waals surface area contributed by atoms with Crippen LogP contribution in [0, 0.1) is 5.82 Å². The van der Waals surface area contributed by atoms with Crippen LogP contribution >= 0.6 is 0 Å². The molecule has 1 aliphatic rings. The van der Waals surface area contributed by atoms with Crippen molar-refractivity contribution in [2.75, 3.05) is 5.32 Å². The van der Waals surface area contributed by atoms with E-state index in [0.717, 1.165) is 30.5 Å². The van der Waals surface area contributed by atoms with Gasteiger partial charge in [-0.15, -0.1) is 0 Å². The maximum absolute atomic E-state index is 13.2. The van der Waals surface area contributed by atoms with E-state index in [9.17, 15) is 9.18 Å². The molecule has 2 aromatic rings. The number of carbonyl (C=O) groups excluding carboxylic acids is 1. The molecule has 120 valence electrons. The fraction of sp³-hybridized carbons (Fsp3) is 0.316. The van der Waals surface area contributed by atoms with Gasteiger partial charge in [0.2, 0.25) is 5.91 Å². The van der Waals surface area contributed by atoms with Gasteiger partial charge in [-0.1, -0.05) is 31.2 Å². The lowest BCUT2D eigenvalue weighted by Gasteiger charge is -2.20. The lowest BCUT2D eigenvalue weighted by molar-refractivity contribution is -0.122. The van der Waals surface area contributed by atoms with Crippen molar-refractivity contribution in [2.45, 2.75) is 38.3 Å². The van der Waals surface area contributed by atoms with Gasteiger partial charge in [0.25, 0.3) is 0 Å². The largest absolute Gasteiger partial charge is 0.370 e. The number of aryl methyl sites for hydroxylation is 1. The summed E-state index contributed by atoms with van der Waals surface area (Å²) in [4.78, 5) is 12.6. The average Bonchev–Trinajstić information content (AvgIpc) is 3.37. The van der Waals surface area contributed by atoms with Crippen molar-refractivity contribution < 1.29 is 9.18 Å². The molecule has 23 heavy (non-hydrogen) atoms. The van der Waals surface area contributed by atoms with Crippen molar-refractivity contribution in [2.24, 2.45) is 0 Å². The van der Waals surface area contributed by atoms with Gasteiger partial charge in [0.15, 0.2) is 0 Å². The van der Waals surface area contributed by atoms with E-state index in [4.69, 9.17) is 0 Å². The molecule has 2 aromatic carbocycles. The summed E-state index contributed by atoms with van der Waals surface area (Å²) in [6.45, 7) is 2.09. The first kappa shape index (κ1) is 15.5. The molecule has 4 heteroatoms. The normalized spacial score (nSPS) is 15.0. The highest BCUT2D eigenvalue weighted by Gasteiger charge is 2.28. The third-order valence-corrected chi connectivity index (χ3v) is 4.04. The van der Waals surface area contributed by atoms with Gasteiger partial charge >= 0.3 is 0 Å². The number of rotatable bonds is 6. The predicted molar refractivity (Wildman–Crippen MR) is 89.7 cm³/mol. The Morgan fingerprint density at radius 1 is 1.22 bits per heavy atom. The standard InChI is InChI=1S/C19H21FN2O/c1-2-13-4-3-5-17(12-13)21-18(19(23)22-16-10-11-16)14-6-8-15(20)9-7-14/h3-9,12,16,18,21H,2,10-11H2,1H3,(H,22,23)/t18-/m0/s1. The molecule has 2 N–H and O–H groups in total. The van der Waals surface area contributed by atoms with E-state index in [2.05, 4.69) is 23.6 Å². The second-order valence-electron chi connectivity index (χ2n) is 5.97. The lowest BCUT2D eigenvalue weighted by atomic mass is 10.0. The Kier molecular flexibility index (Phi) is 4.60. The average molecular weight is 312 g/mol. The van der Waals surface area contributed by atoms with Gasteiger partial charge in [0.05, 0.1) is 0 Å². The number of amides is 1.